The molecule has 0 bridgehead atoms. The molecule has 0 saturated carbocycles. The molecule has 0 radical (unpaired) electrons. The number of aryl methyl sites for hydroxylation is 1. The van der Waals surface area contributed by atoms with Crippen LogP contribution < -0.4 is 5.32 Å². The highest BCUT2D eigenvalue weighted by molar-refractivity contribution is 7.16. The fourth-order valence-corrected chi connectivity index (χ4v) is 4.17. The molecule has 0 spiro atoms. The Bertz CT molecular complexity index is 551. The van der Waals surface area contributed by atoms with Crippen LogP contribution in [-0.4, -0.2) is 19.0 Å². The van der Waals surface area contributed by atoms with Gasteiger partial charge in [-0.3, -0.25) is 4.79 Å². The summed E-state index contributed by atoms with van der Waals surface area (Å²) in [5.74, 6) is -0.386. The predicted molar refractivity (Wildman–Crippen MR) is 106 cm³/mol. The molecule has 1 aromatic rings. The van der Waals surface area contributed by atoms with Crippen LogP contribution in [0.15, 0.2) is 0 Å². The molecule has 1 amide bonds. The lowest BCUT2D eigenvalue weighted by Crippen LogP contribution is -2.14. The number of carbonyl (C=O) groups is 2. The maximum absolute atomic E-state index is 12.2. The molecule has 0 fully saturated rings. The molecule has 0 aliphatic heterocycles. The molecule has 4 nitrogen and oxygen atoms in total. The van der Waals surface area contributed by atoms with Gasteiger partial charge in [-0.05, 0) is 25.3 Å². The van der Waals surface area contributed by atoms with Gasteiger partial charge in [0.2, 0.25) is 5.91 Å². The van der Waals surface area contributed by atoms with Crippen LogP contribution in [0.1, 0.15) is 92.4 Å². The number of ether oxygens (including phenoxy) is 1. The van der Waals surface area contributed by atoms with Gasteiger partial charge < -0.3 is 10.1 Å². The first-order chi connectivity index (χ1) is 12.0. The third-order valence-electron chi connectivity index (χ3n) is 4.46. The summed E-state index contributed by atoms with van der Waals surface area (Å²) >= 11 is 1.46. The number of carbonyl (C=O) groups excluding carboxylic acids is 2. The van der Waals surface area contributed by atoms with E-state index in [9.17, 15) is 9.59 Å². The number of anilines is 1. The third kappa shape index (κ3) is 7.18. The smallest absolute Gasteiger partial charge is 0.341 e. The maximum atomic E-state index is 12.2. The van der Waals surface area contributed by atoms with Crippen LogP contribution in [0, 0.1) is 6.92 Å². The van der Waals surface area contributed by atoms with E-state index in [4.69, 9.17) is 4.74 Å². The van der Waals surface area contributed by atoms with Crippen LogP contribution in [-0.2, 0) is 16.0 Å². The second-order valence-electron chi connectivity index (χ2n) is 6.46. The van der Waals surface area contributed by atoms with Crippen molar-refractivity contribution >= 4 is 28.2 Å². The first-order valence-corrected chi connectivity index (χ1v) is 10.4. The van der Waals surface area contributed by atoms with Crippen molar-refractivity contribution in [2.75, 3.05) is 12.4 Å². The molecule has 0 saturated heterocycles. The Morgan fingerprint density at radius 1 is 1.00 bits per heavy atom. The SMILES string of the molecule is CCCCCCCCCCC(=O)Nc1sc(C)c(CC)c1C(=O)OC. The van der Waals surface area contributed by atoms with E-state index in [1.807, 2.05) is 13.8 Å². The molecule has 0 aliphatic carbocycles. The van der Waals surface area contributed by atoms with E-state index in [1.165, 1.54) is 57.0 Å². The molecule has 1 aromatic heterocycles. The number of hydrogen-bond acceptors (Lipinski definition) is 4. The average molecular weight is 368 g/mol. The van der Waals surface area contributed by atoms with Crippen molar-refractivity contribution in [1.82, 2.24) is 0 Å². The standard InChI is InChI=1S/C20H33NO3S/c1-5-7-8-9-10-11-12-13-14-17(22)21-19-18(20(23)24-4)16(6-2)15(3)25-19/h5-14H2,1-4H3,(H,21,22). The molecule has 1 N–H and O–H groups in total. The van der Waals surface area contributed by atoms with Gasteiger partial charge in [-0.15, -0.1) is 11.3 Å². The second kappa shape index (κ2) is 12.1. The van der Waals surface area contributed by atoms with Crippen LogP contribution in [0.5, 0.6) is 0 Å². The van der Waals surface area contributed by atoms with Gasteiger partial charge >= 0.3 is 5.97 Å². The zero-order valence-electron chi connectivity index (χ0n) is 16.2. The number of amides is 1. The van der Waals surface area contributed by atoms with Gasteiger partial charge in [0.1, 0.15) is 5.00 Å². The summed E-state index contributed by atoms with van der Waals surface area (Å²) in [6.45, 7) is 6.21. The van der Waals surface area contributed by atoms with Gasteiger partial charge in [-0.2, -0.15) is 0 Å². The number of thiophene rings is 1. The van der Waals surface area contributed by atoms with Crippen molar-refractivity contribution in [3.05, 3.63) is 16.0 Å². The Hall–Kier alpha value is -1.36. The molecule has 25 heavy (non-hydrogen) atoms. The molecule has 0 unspecified atom stereocenters. The minimum absolute atomic E-state index is 0.0139. The quantitative estimate of drug-likeness (QED) is 0.371. The average Bonchev–Trinajstić information content (AvgIpc) is 2.91. The second-order valence-corrected chi connectivity index (χ2v) is 7.68. The van der Waals surface area contributed by atoms with Crippen molar-refractivity contribution in [2.24, 2.45) is 0 Å². The van der Waals surface area contributed by atoms with Gasteiger partial charge in [-0.1, -0.05) is 58.8 Å². The zero-order chi connectivity index (χ0) is 18.7. The maximum Gasteiger partial charge on any atom is 0.341 e. The number of hydrogen-bond donors (Lipinski definition) is 1. The van der Waals surface area contributed by atoms with E-state index >= 15 is 0 Å². The Kier molecular flexibility index (Phi) is 10.5. The van der Waals surface area contributed by atoms with Gasteiger partial charge in [0.15, 0.2) is 0 Å². The lowest BCUT2D eigenvalue weighted by molar-refractivity contribution is -0.116. The number of unbranched alkanes of at least 4 members (excludes halogenated alkanes) is 7. The lowest BCUT2D eigenvalue weighted by Gasteiger charge is -2.07. The van der Waals surface area contributed by atoms with E-state index in [-0.39, 0.29) is 11.9 Å². The fraction of sp³-hybridized carbons (Fsp3) is 0.700. The Labute approximate surface area is 156 Å². The monoisotopic (exact) mass is 367 g/mol. The van der Waals surface area contributed by atoms with E-state index in [0.717, 1.165) is 29.7 Å². The number of rotatable bonds is 12. The molecule has 1 rings (SSSR count). The molecule has 0 aromatic carbocycles. The summed E-state index contributed by atoms with van der Waals surface area (Å²) < 4.78 is 4.88. The fourth-order valence-electron chi connectivity index (χ4n) is 3.02. The minimum atomic E-state index is -0.372. The number of nitrogens with one attached hydrogen (secondary N) is 1. The molecular formula is C20H33NO3S. The highest BCUT2D eigenvalue weighted by Gasteiger charge is 2.22. The van der Waals surface area contributed by atoms with E-state index in [1.54, 1.807) is 0 Å². The summed E-state index contributed by atoms with van der Waals surface area (Å²) in [6, 6.07) is 0. The molecule has 0 aliphatic rings. The number of esters is 1. The van der Waals surface area contributed by atoms with Crippen molar-refractivity contribution in [1.29, 1.82) is 0 Å². The van der Waals surface area contributed by atoms with Crippen molar-refractivity contribution in [2.45, 2.75) is 85.0 Å². The summed E-state index contributed by atoms with van der Waals surface area (Å²) in [4.78, 5) is 25.3. The van der Waals surface area contributed by atoms with E-state index < -0.39 is 0 Å². The third-order valence-corrected chi connectivity index (χ3v) is 5.53. The van der Waals surface area contributed by atoms with Crippen LogP contribution in [0.4, 0.5) is 5.00 Å². The molecule has 1 heterocycles. The lowest BCUT2D eigenvalue weighted by atomic mass is 10.1. The summed E-state index contributed by atoms with van der Waals surface area (Å²) in [5.41, 5.74) is 1.50. The van der Waals surface area contributed by atoms with Gasteiger partial charge in [0.25, 0.3) is 0 Å². The summed E-state index contributed by atoms with van der Waals surface area (Å²) in [5, 5.41) is 3.55. The molecular weight excluding hydrogens is 334 g/mol. The number of methoxy groups -OCH3 is 1. The largest absolute Gasteiger partial charge is 0.465 e. The van der Waals surface area contributed by atoms with Crippen molar-refractivity contribution in [3.63, 3.8) is 0 Å². The topological polar surface area (TPSA) is 55.4 Å². The zero-order valence-corrected chi connectivity index (χ0v) is 17.0. The van der Waals surface area contributed by atoms with Gasteiger partial charge in [-0.25, -0.2) is 4.79 Å². The molecule has 142 valence electrons. The Morgan fingerprint density at radius 3 is 2.16 bits per heavy atom. The Balaban J connectivity index is 2.43. The highest BCUT2D eigenvalue weighted by Crippen LogP contribution is 2.34. The summed E-state index contributed by atoms with van der Waals surface area (Å²) in [6.07, 6.45) is 10.9. The van der Waals surface area contributed by atoms with Crippen LogP contribution in [0.2, 0.25) is 0 Å². The molecule has 5 heteroatoms. The first kappa shape index (κ1) is 21.7. The van der Waals surface area contributed by atoms with Crippen molar-refractivity contribution < 1.29 is 14.3 Å². The Morgan fingerprint density at radius 2 is 1.60 bits per heavy atom. The predicted octanol–water partition coefficient (Wildman–Crippen LogP) is 5.87. The van der Waals surface area contributed by atoms with Crippen LogP contribution in [0.25, 0.3) is 0 Å². The van der Waals surface area contributed by atoms with Gasteiger partial charge in [0.05, 0.1) is 12.7 Å². The first-order valence-electron chi connectivity index (χ1n) is 9.55. The van der Waals surface area contributed by atoms with Gasteiger partial charge in [0, 0.05) is 11.3 Å². The van der Waals surface area contributed by atoms with E-state index in [0.29, 0.717) is 17.0 Å². The van der Waals surface area contributed by atoms with Crippen LogP contribution in [0.3, 0.4) is 0 Å². The minimum Gasteiger partial charge on any atom is -0.465 e. The summed E-state index contributed by atoms with van der Waals surface area (Å²) in [7, 11) is 1.38. The van der Waals surface area contributed by atoms with Crippen LogP contribution >= 0.6 is 11.3 Å². The molecule has 0 atom stereocenters. The van der Waals surface area contributed by atoms with Crippen molar-refractivity contribution in [3.8, 4) is 0 Å². The normalized spacial score (nSPS) is 10.7. The highest BCUT2D eigenvalue weighted by atomic mass is 32.1. The van der Waals surface area contributed by atoms with E-state index in [2.05, 4.69) is 12.2 Å².